The third kappa shape index (κ3) is 2.36. The fourth-order valence-electron chi connectivity index (χ4n) is 1.83. The third-order valence-electron chi connectivity index (χ3n) is 3.13. The van der Waals surface area contributed by atoms with E-state index in [2.05, 4.69) is 0 Å². The third-order valence-corrected chi connectivity index (χ3v) is 3.13. The minimum Gasteiger partial charge on any atom is -0.385 e. The second-order valence-electron chi connectivity index (χ2n) is 4.62. The van der Waals surface area contributed by atoms with Crippen molar-refractivity contribution in [3.8, 4) is 0 Å². The van der Waals surface area contributed by atoms with Crippen LogP contribution < -0.4 is 0 Å². The molecule has 1 saturated carbocycles. The molecule has 0 bridgehead atoms. The maximum atomic E-state index is 10.3. The summed E-state index contributed by atoms with van der Waals surface area (Å²) in [6.07, 6.45) is 4.79. The molecule has 14 heavy (non-hydrogen) atoms. The van der Waals surface area contributed by atoms with Crippen LogP contribution in [0.4, 0.5) is 0 Å². The number of benzene rings is 1. The van der Waals surface area contributed by atoms with Crippen molar-refractivity contribution in [2.45, 2.75) is 38.2 Å². The van der Waals surface area contributed by atoms with E-state index in [1.807, 2.05) is 37.3 Å². The molecule has 76 valence electrons. The van der Waals surface area contributed by atoms with Gasteiger partial charge in [-0.15, -0.1) is 0 Å². The fraction of sp³-hybridized carbons (Fsp3) is 0.538. The predicted octanol–water partition coefficient (Wildman–Crippen LogP) is 3.08. The van der Waals surface area contributed by atoms with E-state index in [0.29, 0.717) is 0 Å². The van der Waals surface area contributed by atoms with Gasteiger partial charge >= 0.3 is 0 Å². The maximum absolute atomic E-state index is 10.3. The quantitative estimate of drug-likeness (QED) is 0.773. The van der Waals surface area contributed by atoms with Gasteiger partial charge in [-0.05, 0) is 31.2 Å². The van der Waals surface area contributed by atoms with Crippen molar-refractivity contribution in [3.05, 3.63) is 35.9 Å². The van der Waals surface area contributed by atoms with Crippen molar-refractivity contribution in [2.75, 3.05) is 0 Å². The molecule has 0 amide bonds. The molecule has 2 rings (SSSR count). The number of hydrogen-bond donors (Lipinski definition) is 1. The van der Waals surface area contributed by atoms with E-state index in [1.54, 1.807) is 0 Å². The lowest BCUT2D eigenvalue weighted by Gasteiger charge is -2.23. The number of hydrogen-bond acceptors (Lipinski definition) is 1. The Hall–Kier alpha value is -0.820. The number of rotatable bonds is 4. The molecule has 1 nitrogen and oxygen atoms in total. The molecule has 1 aromatic carbocycles. The molecule has 0 radical (unpaired) electrons. The lowest BCUT2D eigenvalue weighted by Crippen LogP contribution is -2.20. The maximum Gasteiger partial charge on any atom is 0.0868 e. The topological polar surface area (TPSA) is 20.2 Å². The Kier molecular flexibility index (Phi) is 2.60. The van der Waals surface area contributed by atoms with Crippen LogP contribution in [-0.2, 0) is 5.60 Å². The van der Waals surface area contributed by atoms with Crippen LogP contribution >= 0.6 is 0 Å². The summed E-state index contributed by atoms with van der Waals surface area (Å²) in [5, 5.41) is 10.3. The Bertz CT molecular complexity index is 285. The molecule has 1 fully saturated rings. The van der Waals surface area contributed by atoms with Gasteiger partial charge in [0, 0.05) is 0 Å². The first-order valence-electron chi connectivity index (χ1n) is 5.46. The van der Waals surface area contributed by atoms with Crippen LogP contribution in [0.15, 0.2) is 30.3 Å². The lowest BCUT2D eigenvalue weighted by molar-refractivity contribution is 0.0440. The largest absolute Gasteiger partial charge is 0.385 e. The van der Waals surface area contributed by atoms with Crippen LogP contribution in [0.3, 0.4) is 0 Å². The summed E-state index contributed by atoms with van der Waals surface area (Å²) in [6, 6.07) is 9.97. The van der Waals surface area contributed by atoms with Gasteiger partial charge in [-0.25, -0.2) is 0 Å². The molecule has 1 aliphatic rings. The molecule has 1 unspecified atom stereocenters. The van der Waals surface area contributed by atoms with Gasteiger partial charge in [0.2, 0.25) is 0 Å². The Morgan fingerprint density at radius 3 is 2.50 bits per heavy atom. The predicted molar refractivity (Wildman–Crippen MR) is 58.0 cm³/mol. The zero-order chi connectivity index (χ0) is 10.0. The molecular formula is C13H18O. The second kappa shape index (κ2) is 3.74. The van der Waals surface area contributed by atoms with E-state index < -0.39 is 5.60 Å². The Balaban J connectivity index is 1.99. The molecule has 0 saturated heterocycles. The standard InChI is InChI=1S/C13H18O/c1-13(14,10-9-11-7-8-11)12-5-3-2-4-6-12/h2-6,11,14H,7-10H2,1H3. The zero-order valence-corrected chi connectivity index (χ0v) is 8.74. The van der Waals surface area contributed by atoms with Crippen molar-refractivity contribution >= 4 is 0 Å². The molecule has 1 N–H and O–H groups in total. The zero-order valence-electron chi connectivity index (χ0n) is 8.74. The Labute approximate surface area is 85.8 Å². The van der Waals surface area contributed by atoms with Gasteiger partial charge < -0.3 is 5.11 Å². The van der Waals surface area contributed by atoms with Crippen LogP contribution in [0.25, 0.3) is 0 Å². The van der Waals surface area contributed by atoms with Gasteiger partial charge in [-0.1, -0.05) is 43.2 Å². The van der Waals surface area contributed by atoms with Gasteiger partial charge in [0.1, 0.15) is 0 Å². The summed E-state index contributed by atoms with van der Waals surface area (Å²) in [5.41, 5.74) is 0.407. The highest BCUT2D eigenvalue weighted by Gasteiger charge is 2.28. The summed E-state index contributed by atoms with van der Waals surface area (Å²) in [5.74, 6) is 0.894. The van der Waals surface area contributed by atoms with E-state index in [-0.39, 0.29) is 0 Å². The Morgan fingerprint density at radius 2 is 1.93 bits per heavy atom. The first kappa shape index (κ1) is 9.72. The van der Waals surface area contributed by atoms with Crippen molar-refractivity contribution in [1.82, 2.24) is 0 Å². The Morgan fingerprint density at radius 1 is 1.29 bits per heavy atom. The minimum absolute atomic E-state index is 0.635. The second-order valence-corrected chi connectivity index (χ2v) is 4.62. The van der Waals surface area contributed by atoms with E-state index >= 15 is 0 Å². The molecule has 1 aromatic rings. The molecule has 0 heterocycles. The molecular weight excluding hydrogens is 172 g/mol. The fourth-order valence-corrected chi connectivity index (χ4v) is 1.83. The van der Waals surface area contributed by atoms with Crippen LogP contribution in [0.2, 0.25) is 0 Å². The molecule has 1 aliphatic carbocycles. The highest BCUT2D eigenvalue weighted by molar-refractivity contribution is 5.21. The average Bonchev–Trinajstić information content (AvgIpc) is 3.00. The van der Waals surface area contributed by atoms with Crippen LogP contribution in [-0.4, -0.2) is 5.11 Å². The van der Waals surface area contributed by atoms with Gasteiger partial charge in [-0.2, -0.15) is 0 Å². The summed E-state index contributed by atoms with van der Waals surface area (Å²) >= 11 is 0. The van der Waals surface area contributed by atoms with E-state index in [0.717, 1.165) is 17.9 Å². The normalized spacial score (nSPS) is 20.4. The smallest absolute Gasteiger partial charge is 0.0868 e. The summed E-state index contributed by atoms with van der Waals surface area (Å²) < 4.78 is 0. The highest BCUT2D eigenvalue weighted by Crippen LogP contribution is 2.37. The van der Waals surface area contributed by atoms with E-state index in [1.165, 1.54) is 19.3 Å². The highest BCUT2D eigenvalue weighted by atomic mass is 16.3. The molecule has 0 aromatic heterocycles. The van der Waals surface area contributed by atoms with Gasteiger partial charge in [0.15, 0.2) is 0 Å². The van der Waals surface area contributed by atoms with Gasteiger partial charge in [0.05, 0.1) is 5.60 Å². The SMILES string of the molecule is CC(O)(CCC1CC1)c1ccccc1. The monoisotopic (exact) mass is 190 g/mol. The molecule has 1 atom stereocenters. The first-order valence-corrected chi connectivity index (χ1v) is 5.46. The molecule has 0 spiro atoms. The van der Waals surface area contributed by atoms with E-state index in [9.17, 15) is 5.11 Å². The lowest BCUT2D eigenvalue weighted by atomic mass is 9.90. The van der Waals surface area contributed by atoms with Gasteiger partial charge in [0.25, 0.3) is 0 Å². The van der Waals surface area contributed by atoms with Crippen LogP contribution in [0, 0.1) is 5.92 Å². The van der Waals surface area contributed by atoms with Crippen LogP contribution in [0.1, 0.15) is 38.2 Å². The summed E-state index contributed by atoms with van der Waals surface area (Å²) in [4.78, 5) is 0. The van der Waals surface area contributed by atoms with Gasteiger partial charge in [-0.3, -0.25) is 0 Å². The average molecular weight is 190 g/mol. The van der Waals surface area contributed by atoms with Crippen molar-refractivity contribution in [2.24, 2.45) is 5.92 Å². The number of aliphatic hydroxyl groups is 1. The van der Waals surface area contributed by atoms with E-state index in [4.69, 9.17) is 0 Å². The van der Waals surface area contributed by atoms with Crippen molar-refractivity contribution in [3.63, 3.8) is 0 Å². The molecule has 1 heteroatoms. The first-order chi connectivity index (χ1) is 6.68. The molecule has 0 aliphatic heterocycles. The van der Waals surface area contributed by atoms with Crippen molar-refractivity contribution < 1.29 is 5.11 Å². The van der Waals surface area contributed by atoms with Crippen molar-refractivity contribution in [1.29, 1.82) is 0 Å². The summed E-state index contributed by atoms with van der Waals surface area (Å²) in [7, 11) is 0. The summed E-state index contributed by atoms with van der Waals surface area (Å²) in [6.45, 7) is 1.92. The minimum atomic E-state index is -0.635. The van der Waals surface area contributed by atoms with Crippen LogP contribution in [0.5, 0.6) is 0 Å².